The summed E-state index contributed by atoms with van der Waals surface area (Å²) in [5, 5.41) is 10.0. The molecular weight excluding hydrogens is 224 g/mol. The third-order valence-electron chi connectivity index (χ3n) is 2.87. The van der Waals surface area contributed by atoms with E-state index in [9.17, 15) is 9.90 Å². The number of hydrogen-bond acceptors (Lipinski definition) is 2. The van der Waals surface area contributed by atoms with E-state index in [1.165, 1.54) is 0 Å². The molecule has 0 aliphatic rings. The molecule has 0 amide bonds. The summed E-state index contributed by atoms with van der Waals surface area (Å²) < 4.78 is 0. The first-order valence-corrected chi connectivity index (χ1v) is 6.33. The molecule has 1 rings (SSSR count). The van der Waals surface area contributed by atoms with Gasteiger partial charge in [-0.1, -0.05) is 50.3 Å². The topological polar surface area (TPSA) is 37.3 Å². The highest BCUT2D eigenvalue weighted by molar-refractivity contribution is 6.10. The fourth-order valence-corrected chi connectivity index (χ4v) is 1.89. The number of aliphatic hydroxyl groups excluding tert-OH is 1. The molecule has 0 spiro atoms. The fraction of sp³-hybridized carbons (Fsp3) is 0.312. The van der Waals surface area contributed by atoms with Crippen LogP contribution in [0.3, 0.4) is 0 Å². The van der Waals surface area contributed by atoms with Crippen molar-refractivity contribution in [3.05, 3.63) is 53.3 Å². The Hall–Kier alpha value is -1.83. The molecule has 1 aromatic rings. The van der Waals surface area contributed by atoms with E-state index in [-0.39, 0.29) is 11.5 Å². The molecule has 0 aromatic heterocycles. The van der Waals surface area contributed by atoms with Gasteiger partial charge < -0.3 is 5.11 Å². The second-order valence-electron chi connectivity index (χ2n) is 4.02. The summed E-state index contributed by atoms with van der Waals surface area (Å²) in [6.07, 6.45) is 2.74. The monoisotopic (exact) mass is 244 g/mol. The number of hydrogen-bond donors (Lipinski definition) is 1. The highest BCUT2D eigenvalue weighted by Gasteiger charge is 2.18. The lowest BCUT2D eigenvalue weighted by Gasteiger charge is -2.13. The van der Waals surface area contributed by atoms with Gasteiger partial charge >= 0.3 is 0 Å². The molecule has 0 radical (unpaired) electrons. The molecule has 0 saturated carbocycles. The van der Waals surface area contributed by atoms with Crippen LogP contribution >= 0.6 is 0 Å². The van der Waals surface area contributed by atoms with E-state index in [0.29, 0.717) is 18.4 Å². The summed E-state index contributed by atoms with van der Waals surface area (Å²) in [4.78, 5) is 12.0. The fourth-order valence-electron chi connectivity index (χ4n) is 1.89. The average molecular weight is 244 g/mol. The number of allylic oxidation sites excluding steroid dienone is 4. The number of benzene rings is 1. The summed E-state index contributed by atoms with van der Waals surface area (Å²) >= 11 is 0. The molecule has 0 bridgehead atoms. The third kappa shape index (κ3) is 3.10. The summed E-state index contributed by atoms with van der Waals surface area (Å²) in [5.41, 5.74) is 2.22. The molecule has 0 aliphatic carbocycles. The second kappa shape index (κ2) is 6.80. The van der Waals surface area contributed by atoms with Crippen LogP contribution in [0.25, 0.3) is 5.57 Å². The Morgan fingerprint density at radius 3 is 2.22 bits per heavy atom. The zero-order chi connectivity index (χ0) is 13.5. The minimum atomic E-state index is -0.0219. The largest absolute Gasteiger partial charge is 0.512 e. The van der Waals surface area contributed by atoms with Crippen LogP contribution in [0.5, 0.6) is 0 Å². The van der Waals surface area contributed by atoms with Crippen molar-refractivity contribution in [2.24, 2.45) is 0 Å². The molecular formula is C16H20O2. The summed E-state index contributed by atoms with van der Waals surface area (Å²) in [5.74, 6) is 0.144. The van der Waals surface area contributed by atoms with Crippen molar-refractivity contribution in [1.82, 2.24) is 0 Å². The molecule has 18 heavy (non-hydrogen) atoms. The first-order chi connectivity index (χ1) is 8.65. The van der Waals surface area contributed by atoms with Gasteiger partial charge in [-0.05, 0) is 18.1 Å². The molecule has 0 atom stereocenters. The molecule has 1 aromatic carbocycles. The Bertz CT molecular complexity index is 467. The molecule has 2 nitrogen and oxygen atoms in total. The van der Waals surface area contributed by atoms with Gasteiger partial charge in [-0.25, -0.2) is 0 Å². The Kier molecular flexibility index (Phi) is 5.37. The minimum absolute atomic E-state index is 0.0219. The maximum atomic E-state index is 12.0. The van der Waals surface area contributed by atoms with Gasteiger partial charge in [0, 0.05) is 12.8 Å². The number of carbonyl (C=O) groups excluding carboxylic acids is 1. The Balaban J connectivity index is 3.33. The molecule has 0 heterocycles. The van der Waals surface area contributed by atoms with Crippen molar-refractivity contribution < 1.29 is 9.90 Å². The lowest BCUT2D eigenvalue weighted by Crippen LogP contribution is -2.07. The van der Waals surface area contributed by atoms with Crippen molar-refractivity contribution in [2.45, 2.75) is 33.6 Å². The van der Waals surface area contributed by atoms with Gasteiger partial charge in [0.2, 0.25) is 0 Å². The van der Waals surface area contributed by atoms with Gasteiger partial charge in [0.1, 0.15) is 5.76 Å². The van der Waals surface area contributed by atoms with Crippen molar-refractivity contribution in [2.75, 3.05) is 0 Å². The Labute approximate surface area is 109 Å². The molecule has 0 unspecified atom stereocenters. The van der Waals surface area contributed by atoms with Crippen molar-refractivity contribution in [3.8, 4) is 0 Å². The first-order valence-electron chi connectivity index (χ1n) is 6.33. The SMILES string of the molecule is C/C=C(/C(C(=O)CC)=C(/O)CC)c1ccccc1. The lowest BCUT2D eigenvalue weighted by atomic mass is 9.92. The van der Waals surface area contributed by atoms with E-state index in [2.05, 4.69) is 0 Å². The van der Waals surface area contributed by atoms with Crippen LogP contribution in [0.2, 0.25) is 0 Å². The molecule has 0 saturated heterocycles. The molecule has 96 valence electrons. The van der Waals surface area contributed by atoms with Crippen molar-refractivity contribution in [3.63, 3.8) is 0 Å². The van der Waals surface area contributed by atoms with Crippen LogP contribution in [0.4, 0.5) is 0 Å². The van der Waals surface area contributed by atoms with Crippen molar-refractivity contribution >= 4 is 11.4 Å². The van der Waals surface area contributed by atoms with Crippen LogP contribution in [-0.2, 0) is 4.79 Å². The zero-order valence-corrected chi connectivity index (χ0v) is 11.2. The summed E-state index contributed by atoms with van der Waals surface area (Å²) in [7, 11) is 0. The molecule has 0 fully saturated rings. The van der Waals surface area contributed by atoms with Crippen molar-refractivity contribution in [1.29, 1.82) is 0 Å². The summed E-state index contributed by atoms with van der Waals surface area (Å²) in [6.45, 7) is 5.54. The third-order valence-corrected chi connectivity index (χ3v) is 2.87. The second-order valence-corrected chi connectivity index (χ2v) is 4.02. The van der Waals surface area contributed by atoms with E-state index >= 15 is 0 Å². The normalized spacial score (nSPS) is 13.2. The standard InChI is InChI=1S/C16H20O2/c1-4-13(12-10-8-7-9-11-12)16(14(17)5-2)15(18)6-3/h4,7-11,17H,5-6H2,1-3H3/b13-4+,16-14-. The number of carbonyl (C=O) groups is 1. The Morgan fingerprint density at radius 2 is 1.78 bits per heavy atom. The Morgan fingerprint density at radius 1 is 1.17 bits per heavy atom. The van der Waals surface area contributed by atoms with Crippen LogP contribution in [0.15, 0.2) is 47.7 Å². The maximum Gasteiger partial charge on any atom is 0.166 e. The number of ketones is 1. The average Bonchev–Trinajstić information content (AvgIpc) is 2.44. The van der Waals surface area contributed by atoms with Crippen LogP contribution in [0, 0.1) is 0 Å². The predicted molar refractivity (Wildman–Crippen MR) is 75.3 cm³/mol. The van der Waals surface area contributed by atoms with Gasteiger partial charge in [-0.2, -0.15) is 0 Å². The quantitative estimate of drug-likeness (QED) is 0.476. The van der Waals surface area contributed by atoms with Gasteiger partial charge in [-0.15, -0.1) is 0 Å². The number of aliphatic hydroxyl groups is 1. The highest BCUT2D eigenvalue weighted by Crippen LogP contribution is 2.27. The molecule has 2 heteroatoms. The van der Waals surface area contributed by atoms with Gasteiger partial charge in [0.15, 0.2) is 5.78 Å². The number of rotatable bonds is 5. The highest BCUT2D eigenvalue weighted by atomic mass is 16.3. The van der Waals surface area contributed by atoms with Crippen LogP contribution in [0.1, 0.15) is 39.2 Å². The van der Waals surface area contributed by atoms with Gasteiger partial charge in [0.25, 0.3) is 0 Å². The summed E-state index contributed by atoms with van der Waals surface area (Å²) in [6, 6.07) is 9.68. The lowest BCUT2D eigenvalue weighted by molar-refractivity contribution is -0.115. The predicted octanol–water partition coefficient (Wildman–Crippen LogP) is 4.29. The first kappa shape index (κ1) is 14.2. The van der Waals surface area contributed by atoms with Gasteiger partial charge in [-0.3, -0.25) is 4.79 Å². The molecule has 1 N–H and O–H groups in total. The zero-order valence-electron chi connectivity index (χ0n) is 11.2. The number of Topliss-reactive ketones (excluding diaryl/α,β-unsaturated/α-hetero) is 1. The van der Waals surface area contributed by atoms with Crippen LogP contribution in [-0.4, -0.2) is 10.9 Å². The van der Waals surface area contributed by atoms with Crippen LogP contribution < -0.4 is 0 Å². The smallest absolute Gasteiger partial charge is 0.166 e. The molecule has 0 aliphatic heterocycles. The van der Waals surface area contributed by atoms with E-state index in [0.717, 1.165) is 11.1 Å². The maximum absolute atomic E-state index is 12.0. The van der Waals surface area contributed by atoms with E-state index in [1.54, 1.807) is 0 Å². The van der Waals surface area contributed by atoms with E-state index in [4.69, 9.17) is 0 Å². The van der Waals surface area contributed by atoms with Gasteiger partial charge in [0.05, 0.1) is 5.57 Å². The van der Waals surface area contributed by atoms with E-state index < -0.39 is 0 Å². The van der Waals surface area contributed by atoms with E-state index in [1.807, 2.05) is 57.2 Å². The minimum Gasteiger partial charge on any atom is -0.512 e.